The van der Waals surface area contributed by atoms with Gasteiger partial charge in [-0.3, -0.25) is 0 Å². The zero-order valence-corrected chi connectivity index (χ0v) is 15.5. The molecule has 3 heteroatoms. The van der Waals surface area contributed by atoms with Crippen LogP contribution >= 0.6 is 0 Å². The highest BCUT2D eigenvalue weighted by atomic mass is 16.3. The fourth-order valence-electron chi connectivity index (χ4n) is 3.55. The Morgan fingerprint density at radius 1 is 1.04 bits per heavy atom. The first-order valence-electron chi connectivity index (χ1n) is 8.83. The van der Waals surface area contributed by atoms with Crippen molar-refractivity contribution in [3.63, 3.8) is 0 Å². The Morgan fingerprint density at radius 2 is 1.81 bits per heavy atom. The van der Waals surface area contributed by atoms with Crippen LogP contribution in [0.3, 0.4) is 0 Å². The summed E-state index contributed by atoms with van der Waals surface area (Å²) >= 11 is 0. The molecule has 0 atom stereocenters. The minimum Gasteiger partial charge on any atom is -0.466 e. The van der Waals surface area contributed by atoms with Crippen LogP contribution in [0, 0.1) is 13.5 Å². The smallest absolute Gasteiger partial charge is 0.229 e. The van der Waals surface area contributed by atoms with E-state index >= 15 is 0 Å². The standard InChI is InChI=1S/C23H21N2O/c1-14(2)16-11-12-25(5)20(13-16)21-15(3)9-10-18-17-7-6-8-19(24-4)22(17)26-23(18)21/h6-14H,1-3,5H3/q+1. The maximum atomic E-state index is 7.43. The molecule has 0 aliphatic rings. The lowest BCUT2D eigenvalue weighted by atomic mass is 9.97. The normalized spacial score (nSPS) is 11.4. The van der Waals surface area contributed by atoms with E-state index in [1.807, 2.05) is 18.2 Å². The Kier molecular flexibility index (Phi) is 3.77. The van der Waals surface area contributed by atoms with Crippen LogP contribution < -0.4 is 4.57 Å². The van der Waals surface area contributed by atoms with E-state index in [9.17, 15) is 0 Å². The Morgan fingerprint density at radius 3 is 2.54 bits per heavy atom. The fraction of sp³-hybridized carbons (Fsp3) is 0.217. The molecule has 0 radical (unpaired) electrons. The number of pyridine rings is 1. The number of rotatable bonds is 2. The average Bonchev–Trinajstić information content (AvgIpc) is 3.01. The summed E-state index contributed by atoms with van der Waals surface area (Å²) in [6, 6.07) is 14.4. The van der Waals surface area contributed by atoms with Crippen molar-refractivity contribution in [3.05, 3.63) is 71.2 Å². The quantitative estimate of drug-likeness (QED) is 0.321. The van der Waals surface area contributed by atoms with Gasteiger partial charge in [-0.15, -0.1) is 0 Å². The number of hydrogen-bond donors (Lipinski definition) is 0. The van der Waals surface area contributed by atoms with Crippen molar-refractivity contribution in [1.82, 2.24) is 0 Å². The van der Waals surface area contributed by atoms with Gasteiger partial charge < -0.3 is 4.42 Å². The Hall–Kier alpha value is -3.12. The highest BCUT2D eigenvalue weighted by Crippen LogP contribution is 2.40. The van der Waals surface area contributed by atoms with Gasteiger partial charge in [0, 0.05) is 22.9 Å². The molecule has 0 unspecified atom stereocenters. The van der Waals surface area contributed by atoms with Gasteiger partial charge in [-0.05, 0) is 24.0 Å². The molecule has 0 saturated heterocycles. The second-order valence-electron chi connectivity index (χ2n) is 7.11. The zero-order valence-electron chi connectivity index (χ0n) is 15.5. The number of benzene rings is 2. The summed E-state index contributed by atoms with van der Waals surface area (Å²) < 4.78 is 8.40. The van der Waals surface area contributed by atoms with Gasteiger partial charge in [-0.2, -0.15) is 0 Å². The van der Waals surface area contributed by atoms with E-state index in [2.05, 4.69) is 67.7 Å². The first-order chi connectivity index (χ1) is 12.5. The molecule has 128 valence electrons. The third-order valence-electron chi connectivity index (χ3n) is 5.07. The largest absolute Gasteiger partial charge is 0.466 e. The summed E-state index contributed by atoms with van der Waals surface area (Å²) in [6.45, 7) is 13.9. The highest BCUT2D eigenvalue weighted by Gasteiger charge is 2.22. The molecular formula is C23H21N2O+. The molecule has 0 N–H and O–H groups in total. The van der Waals surface area contributed by atoms with E-state index in [0.717, 1.165) is 33.2 Å². The molecule has 4 aromatic rings. The lowest BCUT2D eigenvalue weighted by Crippen LogP contribution is -2.31. The number of para-hydroxylation sites is 1. The molecule has 0 aliphatic heterocycles. The Balaban J connectivity index is 2.13. The molecule has 4 rings (SSSR count). The van der Waals surface area contributed by atoms with Crippen molar-refractivity contribution in [2.45, 2.75) is 26.7 Å². The van der Waals surface area contributed by atoms with Gasteiger partial charge in [-0.1, -0.05) is 44.2 Å². The fourth-order valence-corrected chi connectivity index (χ4v) is 3.55. The molecule has 2 aromatic carbocycles. The number of furan rings is 1. The maximum absolute atomic E-state index is 7.43. The predicted octanol–water partition coefficient (Wildman–Crippen LogP) is 6.06. The van der Waals surface area contributed by atoms with E-state index in [0.29, 0.717) is 17.2 Å². The number of fused-ring (bicyclic) bond motifs is 3. The van der Waals surface area contributed by atoms with Crippen molar-refractivity contribution in [1.29, 1.82) is 0 Å². The van der Waals surface area contributed by atoms with Gasteiger partial charge in [0.05, 0.1) is 12.1 Å². The van der Waals surface area contributed by atoms with Gasteiger partial charge in [0.15, 0.2) is 6.20 Å². The molecule has 0 aliphatic carbocycles. The van der Waals surface area contributed by atoms with Gasteiger partial charge in [-0.25, -0.2) is 9.41 Å². The summed E-state index contributed by atoms with van der Waals surface area (Å²) in [6.07, 6.45) is 2.11. The van der Waals surface area contributed by atoms with E-state index in [1.54, 1.807) is 0 Å². The summed E-state index contributed by atoms with van der Waals surface area (Å²) in [5.74, 6) is 0.457. The second kappa shape index (κ2) is 6.00. The number of hydrogen-bond acceptors (Lipinski definition) is 1. The van der Waals surface area contributed by atoms with Crippen LogP contribution in [-0.4, -0.2) is 0 Å². The van der Waals surface area contributed by atoms with E-state index in [-0.39, 0.29) is 0 Å². The van der Waals surface area contributed by atoms with Crippen LogP contribution in [0.25, 0.3) is 38.0 Å². The molecule has 0 bridgehead atoms. The topological polar surface area (TPSA) is 21.4 Å². The Bertz CT molecular complexity index is 1190. The van der Waals surface area contributed by atoms with Crippen molar-refractivity contribution < 1.29 is 8.98 Å². The minimum atomic E-state index is 0.457. The van der Waals surface area contributed by atoms with Crippen molar-refractivity contribution in [2.75, 3.05) is 0 Å². The first kappa shape index (κ1) is 16.4. The summed E-state index contributed by atoms with van der Waals surface area (Å²) in [5, 5.41) is 2.05. The summed E-state index contributed by atoms with van der Waals surface area (Å²) in [4.78, 5) is 3.62. The van der Waals surface area contributed by atoms with Crippen LogP contribution in [0.2, 0.25) is 0 Å². The molecular weight excluding hydrogens is 320 g/mol. The number of aromatic nitrogens is 1. The lowest BCUT2D eigenvalue weighted by molar-refractivity contribution is -0.660. The third kappa shape index (κ3) is 2.38. The van der Waals surface area contributed by atoms with E-state index < -0.39 is 0 Å². The molecule has 26 heavy (non-hydrogen) atoms. The van der Waals surface area contributed by atoms with Gasteiger partial charge in [0.1, 0.15) is 18.2 Å². The predicted molar refractivity (Wildman–Crippen MR) is 105 cm³/mol. The third-order valence-corrected chi connectivity index (χ3v) is 5.07. The zero-order chi connectivity index (χ0) is 18.4. The van der Waals surface area contributed by atoms with Crippen molar-refractivity contribution in [2.24, 2.45) is 7.05 Å². The summed E-state index contributed by atoms with van der Waals surface area (Å²) in [7, 11) is 2.06. The monoisotopic (exact) mass is 341 g/mol. The van der Waals surface area contributed by atoms with Crippen LogP contribution in [0.15, 0.2) is 53.1 Å². The van der Waals surface area contributed by atoms with Gasteiger partial charge in [0.2, 0.25) is 11.4 Å². The Labute approximate surface area is 153 Å². The summed E-state index contributed by atoms with van der Waals surface area (Å²) in [5.41, 5.74) is 6.77. The molecule has 0 spiro atoms. The van der Waals surface area contributed by atoms with Crippen LogP contribution in [0.4, 0.5) is 5.69 Å². The van der Waals surface area contributed by atoms with Crippen molar-refractivity contribution >= 4 is 27.6 Å². The van der Waals surface area contributed by atoms with Crippen LogP contribution in [-0.2, 0) is 7.05 Å². The van der Waals surface area contributed by atoms with Crippen molar-refractivity contribution in [3.8, 4) is 11.3 Å². The molecule has 3 nitrogen and oxygen atoms in total. The second-order valence-corrected chi connectivity index (χ2v) is 7.11. The van der Waals surface area contributed by atoms with Gasteiger partial charge >= 0.3 is 0 Å². The van der Waals surface area contributed by atoms with Gasteiger partial charge in [0.25, 0.3) is 0 Å². The van der Waals surface area contributed by atoms with Crippen LogP contribution in [0.5, 0.6) is 0 Å². The number of aryl methyl sites for hydroxylation is 2. The average molecular weight is 341 g/mol. The number of nitrogens with zero attached hydrogens (tertiary/aromatic N) is 2. The lowest BCUT2D eigenvalue weighted by Gasteiger charge is -2.09. The molecule has 2 aromatic heterocycles. The SMILES string of the molecule is [C-]#[N+]c1cccc2c1oc1c(-c3cc(C(C)C)cc[n+]3C)c(C)ccc12. The highest BCUT2D eigenvalue weighted by molar-refractivity contribution is 6.12. The minimum absolute atomic E-state index is 0.457. The van der Waals surface area contributed by atoms with E-state index in [4.69, 9.17) is 11.0 Å². The molecule has 0 saturated carbocycles. The van der Waals surface area contributed by atoms with Crippen LogP contribution in [0.1, 0.15) is 30.9 Å². The molecule has 0 fully saturated rings. The maximum Gasteiger partial charge on any atom is 0.229 e. The first-order valence-corrected chi connectivity index (χ1v) is 8.83. The molecule has 2 heterocycles. The van der Waals surface area contributed by atoms with E-state index in [1.165, 1.54) is 5.56 Å². The molecule has 0 amide bonds.